The lowest BCUT2D eigenvalue weighted by Crippen LogP contribution is -2.08. The molecule has 1 atom stereocenters. The first-order valence-corrected chi connectivity index (χ1v) is 7.19. The Balaban J connectivity index is 2.38. The van der Waals surface area contributed by atoms with E-state index in [4.69, 9.17) is 10.5 Å². The van der Waals surface area contributed by atoms with Crippen molar-refractivity contribution in [3.8, 4) is 0 Å². The molecule has 0 aliphatic carbocycles. The third kappa shape index (κ3) is 5.57. The second kappa shape index (κ2) is 8.53. The fourth-order valence-corrected chi connectivity index (χ4v) is 2.04. The third-order valence-corrected chi connectivity index (χ3v) is 3.29. The van der Waals surface area contributed by atoms with Crippen LogP contribution in [0.5, 0.6) is 0 Å². The molecule has 2 N–H and O–H groups in total. The molecule has 1 aromatic carbocycles. The standard InChI is InChI=1S/C15H24N2O3/c1-3-4-5-6-7-12(2)20-11-13-8-9-15(17(18)19)14(16)10-13/h8-10,12H,3-7,11,16H2,1-2H3. The van der Waals surface area contributed by atoms with E-state index in [1.807, 2.05) is 0 Å². The van der Waals surface area contributed by atoms with E-state index in [0.29, 0.717) is 6.61 Å². The van der Waals surface area contributed by atoms with E-state index in [1.165, 1.54) is 31.7 Å². The lowest BCUT2D eigenvalue weighted by Gasteiger charge is -2.13. The summed E-state index contributed by atoms with van der Waals surface area (Å²) in [6.45, 7) is 4.69. The maximum absolute atomic E-state index is 10.7. The average Bonchev–Trinajstić information content (AvgIpc) is 2.41. The molecule has 0 fully saturated rings. The van der Waals surface area contributed by atoms with Gasteiger partial charge in [-0.2, -0.15) is 0 Å². The molecule has 5 heteroatoms. The maximum atomic E-state index is 10.7. The quantitative estimate of drug-likeness (QED) is 0.320. The number of unbranched alkanes of at least 4 members (excludes halogenated alkanes) is 3. The van der Waals surface area contributed by atoms with E-state index in [0.717, 1.165) is 12.0 Å². The summed E-state index contributed by atoms with van der Waals surface area (Å²) in [5.74, 6) is 0. The predicted octanol–water partition coefficient (Wildman–Crippen LogP) is 4.05. The van der Waals surface area contributed by atoms with Gasteiger partial charge in [-0.3, -0.25) is 10.1 Å². The monoisotopic (exact) mass is 280 g/mol. The van der Waals surface area contributed by atoms with Crippen LogP contribution in [-0.4, -0.2) is 11.0 Å². The molecule has 1 unspecified atom stereocenters. The van der Waals surface area contributed by atoms with E-state index in [2.05, 4.69) is 13.8 Å². The van der Waals surface area contributed by atoms with Crippen molar-refractivity contribution in [2.45, 2.75) is 58.7 Å². The van der Waals surface area contributed by atoms with Crippen LogP contribution in [0.2, 0.25) is 0 Å². The molecular weight excluding hydrogens is 256 g/mol. The summed E-state index contributed by atoms with van der Waals surface area (Å²) in [5, 5.41) is 10.7. The van der Waals surface area contributed by atoms with Gasteiger partial charge in [-0.25, -0.2) is 0 Å². The van der Waals surface area contributed by atoms with Crippen LogP contribution in [0.1, 0.15) is 51.5 Å². The van der Waals surface area contributed by atoms with Gasteiger partial charge in [0.25, 0.3) is 5.69 Å². The molecule has 1 aromatic rings. The molecule has 0 heterocycles. The smallest absolute Gasteiger partial charge is 0.292 e. The lowest BCUT2D eigenvalue weighted by atomic mass is 10.1. The first-order valence-electron chi connectivity index (χ1n) is 7.19. The van der Waals surface area contributed by atoms with Crippen molar-refractivity contribution >= 4 is 11.4 Å². The number of benzene rings is 1. The van der Waals surface area contributed by atoms with Gasteiger partial charge in [-0.05, 0) is 31.0 Å². The zero-order valence-corrected chi connectivity index (χ0v) is 12.3. The molecule has 0 aliphatic heterocycles. The highest BCUT2D eigenvalue weighted by atomic mass is 16.6. The Labute approximate surface area is 120 Å². The second-order valence-electron chi connectivity index (χ2n) is 5.12. The zero-order chi connectivity index (χ0) is 15.0. The van der Waals surface area contributed by atoms with Crippen molar-refractivity contribution in [1.29, 1.82) is 0 Å². The number of nitro groups is 1. The van der Waals surface area contributed by atoms with Gasteiger partial charge in [-0.1, -0.05) is 32.6 Å². The molecule has 1 rings (SSSR count). The first-order chi connectivity index (χ1) is 9.54. The Morgan fingerprint density at radius 2 is 2.10 bits per heavy atom. The van der Waals surface area contributed by atoms with Crippen LogP contribution in [0.25, 0.3) is 0 Å². The Bertz CT molecular complexity index is 435. The first kappa shape index (κ1) is 16.4. The highest BCUT2D eigenvalue weighted by Gasteiger charge is 2.11. The van der Waals surface area contributed by atoms with Crippen LogP contribution < -0.4 is 5.73 Å². The molecule has 0 bridgehead atoms. The Hall–Kier alpha value is -1.62. The van der Waals surface area contributed by atoms with Crippen molar-refractivity contribution < 1.29 is 9.66 Å². The van der Waals surface area contributed by atoms with E-state index in [-0.39, 0.29) is 17.5 Å². The minimum atomic E-state index is -0.476. The molecule has 0 aliphatic rings. The third-order valence-electron chi connectivity index (χ3n) is 3.29. The molecule has 0 spiro atoms. The summed E-state index contributed by atoms with van der Waals surface area (Å²) in [6.07, 6.45) is 6.17. The summed E-state index contributed by atoms with van der Waals surface area (Å²) in [6, 6.07) is 4.74. The van der Waals surface area contributed by atoms with Crippen LogP contribution in [0, 0.1) is 10.1 Å². The number of nitrogens with zero attached hydrogens (tertiary/aromatic N) is 1. The van der Waals surface area contributed by atoms with Crippen LogP contribution in [-0.2, 0) is 11.3 Å². The number of hydrogen-bond donors (Lipinski definition) is 1. The Morgan fingerprint density at radius 1 is 1.35 bits per heavy atom. The van der Waals surface area contributed by atoms with Crippen molar-refractivity contribution in [2.75, 3.05) is 5.73 Å². The van der Waals surface area contributed by atoms with Crippen molar-refractivity contribution in [1.82, 2.24) is 0 Å². The van der Waals surface area contributed by atoms with Crippen LogP contribution in [0.15, 0.2) is 18.2 Å². The van der Waals surface area contributed by atoms with E-state index in [1.54, 1.807) is 12.1 Å². The Kier molecular flexibility index (Phi) is 7.01. The Morgan fingerprint density at radius 3 is 2.70 bits per heavy atom. The van der Waals surface area contributed by atoms with Crippen molar-refractivity contribution in [3.05, 3.63) is 33.9 Å². The van der Waals surface area contributed by atoms with Crippen LogP contribution in [0.3, 0.4) is 0 Å². The minimum absolute atomic E-state index is 0.0543. The fraction of sp³-hybridized carbons (Fsp3) is 0.600. The highest BCUT2D eigenvalue weighted by molar-refractivity contribution is 5.59. The largest absolute Gasteiger partial charge is 0.393 e. The number of ether oxygens (including phenoxy) is 1. The van der Waals surface area contributed by atoms with Gasteiger partial charge in [0.2, 0.25) is 0 Å². The molecule has 5 nitrogen and oxygen atoms in total. The summed E-state index contributed by atoms with van der Waals surface area (Å²) >= 11 is 0. The zero-order valence-electron chi connectivity index (χ0n) is 12.3. The lowest BCUT2D eigenvalue weighted by molar-refractivity contribution is -0.383. The molecular formula is C15H24N2O3. The molecule has 112 valence electrons. The average molecular weight is 280 g/mol. The van der Waals surface area contributed by atoms with Gasteiger partial charge in [0.05, 0.1) is 17.6 Å². The van der Waals surface area contributed by atoms with Crippen LogP contribution >= 0.6 is 0 Å². The number of nitrogen functional groups attached to an aromatic ring is 1. The normalized spacial score (nSPS) is 12.3. The van der Waals surface area contributed by atoms with E-state index >= 15 is 0 Å². The highest BCUT2D eigenvalue weighted by Crippen LogP contribution is 2.22. The summed E-state index contributed by atoms with van der Waals surface area (Å²) in [4.78, 5) is 10.2. The molecule has 0 radical (unpaired) electrons. The van der Waals surface area contributed by atoms with Gasteiger partial charge in [0.15, 0.2) is 0 Å². The number of hydrogen-bond acceptors (Lipinski definition) is 4. The van der Waals surface area contributed by atoms with Crippen molar-refractivity contribution in [3.63, 3.8) is 0 Å². The topological polar surface area (TPSA) is 78.4 Å². The fourth-order valence-electron chi connectivity index (χ4n) is 2.04. The summed E-state index contributed by atoms with van der Waals surface area (Å²) in [7, 11) is 0. The number of nitrogens with two attached hydrogens (primary N) is 1. The number of nitro benzene ring substituents is 1. The molecule has 0 saturated carbocycles. The van der Waals surface area contributed by atoms with Crippen molar-refractivity contribution in [2.24, 2.45) is 0 Å². The molecule has 0 aromatic heterocycles. The molecule has 20 heavy (non-hydrogen) atoms. The van der Waals surface area contributed by atoms with Gasteiger partial charge in [0.1, 0.15) is 5.69 Å². The van der Waals surface area contributed by atoms with E-state index < -0.39 is 4.92 Å². The van der Waals surface area contributed by atoms with Gasteiger partial charge in [0, 0.05) is 6.07 Å². The van der Waals surface area contributed by atoms with Crippen LogP contribution in [0.4, 0.5) is 11.4 Å². The SMILES string of the molecule is CCCCCCC(C)OCc1ccc([N+](=O)[O-])c(N)c1. The number of rotatable bonds is 9. The maximum Gasteiger partial charge on any atom is 0.292 e. The molecule has 0 amide bonds. The number of anilines is 1. The second-order valence-corrected chi connectivity index (χ2v) is 5.12. The molecule has 0 saturated heterocycles. The minimum Gasteiger partial charge on any atom is -0.393 e. The van der Waals surface area contributed by atoms with Gasteiger partial charge in [-0.15, -0.1) is 0 Å². The summed E-state index contributed by atoms with van der Waals surface area (Å²) in [5.41, 5.74) is 6.65. The van der Waals surface area contributed by atoms with Gasteiger partial charge >= 0.3 is 0 Å². The predicted molar refractivity (Wildman–Crippen MR) is 80.5 cm³/mol. The summed E-state index contributed by atoms with van der Waals surface area (Å²) < 4.78 is 5.74. The van der Waals surface area contributed by atoms with Gasteiger partial charge < -0.3 is 10.5 Å². The van der Waals surface area contributed by atoms with E-state index in [9.17, 15) is 10.1 Å².